The number of benzene rings is 4. The third kappa shape index (κ3) is 9.83. The molecule has 57 heavy (non-hydrogen) atoms. The molecule has 0 saturated carbocycles. The summed E-state index contributed by atoms with van der Waals surface area (Å²) < 4.78 is 2.17. The monoisotopic (exact) mass is 941 g/mol. The Morgan fingerprint density at radius 3 is 1.16 bits per heavy atom. The van der Waals surface area contributed by atoms with Gasteiger partial charge in [0.1, 0.15) is 34.2 Å². The van der Waals surface area contributed by atoms with Crippen LogP contribution in [0.3, 0.4) is 0 Å². The van der Waals surface area contributed by atoms with Gasteiger partial charge >= 0.3 is 0 Å². The summed E-state index contributed by atoms with van der Waals surface area (Å²) in [6.45, 7) is 3.13. The number of aromatic hydroxyl groups is 4. The quantitative estimate of drug-likeness (QED) is 0.0638. The van der Waals surface area contributed by atoms with Gasteiger partial charge in [-0.1, -0.05) is 69.6 Å². The first-order valence-electron chi connectivity index (χ1n) is 15.0. The summed E-state index contributed by atoms with van der Waals surface area (Å²) in [5.74, 6) is -1.67. The van der Waals surface area contributed by atoms with Crippen molar-refractivity contribution < 1.29 is 47.1 Å². The molecule has 18 nitrogen and oxygen atoms in total. The molecular formula is C32H20Cl6CoN10O8. The summed E-state index contributed by atoms with van der Waals surface area (Å²) in [5.41, 5.74) is 0.347. The average Bonchev–Trinajstić information content (AvgIpc) is 3.54. The number of aryl methyl sites for hydroxylation is 2. The molecule has 4 N–H and O–H groups in total. The number of azo groups is 2. The van der Waals surface area contributed by atoms with Crippen LogP contribution in [0.5, 0.6) is 23.3 Å². The Hall–Kier alpha value is -5.25. The van der Waals surface area contributed by atoms with Gasteiger partial charge in [0.05, 0.1) is 53.5 Å². The number of non-ortho nitro benzene ring substituents is 2. The molecule has 0 bridgehead atoms. The molecule has 0 aliphatic rings. The maximum Gasteiger partial charge on any atom is 0.273 e. The first kappa shape index (κ1) is 44.5. The van der Waals surface area contributed by atoms with Crippen LogP contribution in [0.25, 0.3) is 11.4 Å². The zero-order valence-corrected chi connectivity index (χ0v) is 33.8. The largest absolute Gasteiger partial charge is 0.505 e. The van der Waals surface area contributed by atoms with Crippen molar-refractivity contribution in [2.75, 3.05) is 0 Å². The van der Waals surface area contributed by atoms with Gasteiger partial charge in [0.25, 0.3) is 11.4 Å². The van der Waals surface area contributed by atoms with E-state index >= 15 is 0 Å². The van der Waals surface area contributed by atoms with Gasteiger partial charge in [-0.25, -0.2) is 0 Å². The van der Waals surface area contributed by atoms with E-state index in [0.29, 0.717) is 21.4 Å². The minimum absolute atomic E-state index is 0. The van der Waals surface area contributed by atoms with Crippen LogP contribution in [-0.4, -0.2) is 49.8 Å². The molecule has 2 aromatic heterocycles. The molecule has 25 heteroatoms. The number of hydrogen-bond donors (Lipinski definition) is 4. The average molecular weight is 944 g/mol. The molecule has 0 atom stereocenters. The fourth-order valence-corrected chi connectivity index (χ4v) is 6.62. The molecule has 0 saturated heterocycles. The number of halogens is 6. The summed E-state index contributed by atoms with van der Waals surface area (Å²) in [6, 6.07) is 12.4. The minimum Gasteiger partial charge on any atom is -0.505 e. The predicted octanol–water partition coefficient (Wildman–Crippen LogP) is 11.7. The van der Waals surface area contributed by atoms with Gasteiger partial charge in [-0.05, 0) is 50.2 Å². The van der Waals surface area contributed by atoms with Gasteiger partial charge in [-0.15, -0.1) is 20.5 Å². The summed E-state index contributed by atoms with van der Waals surface area (Å²) in [4.78, 5) is 20.1. The van der Waals surface area contributed by atoms with Gasteiger partial charge in [-0.2, -0.15) is 19.6 Å². The van der Waals surface area contributed by atoms with Crippen molar-refractivity contribution in [3.8, 4) is 34.6 Å². The molecule has 297 valence electrons. The smallest absolute Gasteiger partial charge is 0.273 e. The molecule has 6 aromatic rings. The van der Waals surface area contributed by atoms with E-state index in [1.165, 1.54) is 36.4 Å². The maximum absolute atomic E-state index is 10.7. The second kappa shape index (κ2) is 18.3. The summed E-state index contributed by atoms with van der Waals surface area (Å²) in [5, 5.41) is 87.1. The zero-order valence-electron chi connectivity index (χ0n) is 28.3. The first-order chi connectivity index (χ1) is 26.4. The number of phenols is 2. The minimum atomic E-state index is -0.653. The van der Waals surface area contributed by atoms with Crippen molar-refractivity contribution in [3.05, 3.63) is 122 Å². The van der Waals surface area contributed by atoms with Gasteiger partial charge in [0, 0.05) is 39.0 Å². The van der Waals surface area contributed by atoms with Crippen LogP contribution in [0.4, 0.5) is 34.1 Å². The summed E-state index contributed by atoms with van der Waals surface area (Å²) >= 11 is 36.4. The maximum atomic E-state index is 10.7. The molecular weight excluding hydrogens is 924 g/mol. The first-order valence-corrected chi connectivity index (χ1v) is 17.3. The Morgan fingerprint density at radius 1 is 0.561 bits per heavy atom. The molecule has 4 aromatic carbocycles. The van der Waals surface area contributed by atoms with E-state index in [1.807, 2.05) is 0 Å². The van der Waals surface area contributed by atoms with Crippen molar-refractivity contribution in [1.29, 1.82) is 0 Å². The summed E-state index contributed by atoms with van der Waals surface area (Å²) in [6.07, 6.45) is 0. The number of rotatable bonds is 8. The van der Waals surface area contributed by atoms with Crippen molar-refractivity contribution >= 4 is 104 Å². The molecule has 0 fully saturated rings. The number of nitro groups is 2. The number of phenolic OH excluding ortho intramolecular Hbond substituents is 2. The van der Waals surface area contributed by atoms with Crippen LogP contribution in [0.1, 0.15) is 11.4 Å². The molecule has 0 aliphatic heterocycles. The number of nitro benzene ring substituents is 2. The molecule has 0 unspecified atom stereocenters. The second-order valence-electron chi connectivity index (χ2n) is 11.0. The fraction of sp³-hybridized carbons (Fsp3) is 0.0625. The van der Waals surface area contributed by atoms with Gasteiger partial charge in [0.2, 0.25) is 11.8 Å². The Balaban J connectivity index is 0.000000248. The zero-order chi connectivity index (χ0) is 41.2. The van der Waals surface area contributed by atoms with Crippen LogP contribution < -0.4 is 0 Å². The van der Waals surface area contributed by atoms with Gasteiger partial charge < -0.3 is 20.4 Å². The fourth-order valence-electron chi connectivity index (χ4n) is 4.66. The Bertz CT molecular complexity index is 2400. The number of nitrogens with zero attached hydrogens (tertiary/aromatic N) is 10. The van der Waals surface area contributed by atoms with Crippen LogP contribution in [-0.2, 0) is 16.8 Å². The van der Waals surface area contributed by atoms with Crippen molar-refractivity contribution in [3.63, 3.8) is 0 Å². The van der Waals surface area contributed by atoms with Crippen molar-refractivity contribution in [2.45, 2.75) is 13.8 Å². The predicted molar refractivity (Wildman–Crippen MR) is 208 cm³/mol. The third-order valence-corrected chi connectivity index (χ3v) is 8.84. The Kier molecular flexibility index (Phi) is 14.3. The Morgan fingerprint density at radius 2 is 0.877 bits per heavy atom. The van der Waals surface area contributed by atoms with E-state index in [0.717, 1.165) is 33.6 Å². The topological polar surface area (TPSA) is 252 Å². The van der Waals surface area contributed by atoms with Crippen LogP contribution in [0.15, 0.2) is 81.1 Å². The second-order valence-corrected chi connectivity index (χ2v) is 13.5. The van der Waals surface area contributed by atoms with Crippen LogP contribution in [0, 0.1) is 34.1 Å². The number of aromatic nitrogens is 4. The van der Waals surface area contributed by atoms with Gasteiger partial charge in [0.15, 0.2) is 11.4 Å². The standard InChI is InChI=1S/2C16H10Cl3N5O4.Co/c2*1-7-14(21-20-12-3-2-9(24(27)28)6-13(12)25)16(26)23(22-7)15-10(18)4-8(17)5-11(15)19;/h2*2-6,25-26H,1H3;. The SMILES string of the molecule is Cc1nn(-c2c(Cl)cc(Cl)cc2Cl)c(O)c1N=Nc1ccc([N+](=O)[O-])cc1O.Cc1nn(-c2c(Cl)cc(Cl)cc2Cl)c(O)c1N=Nc1ccc([N+](=O)[O-])cc1O.[Co]. The van der Waals surface area contributed by atoms with Crippen molar-refractivity contribution in [2.24, 2.45) is 20.5 Å². The van der Waals surface area contributed by atoms with Crippen molar-refractivity contribution in [1.82, 2.24) is 19.6 Å². The van der Waals surface area contributed by atoms with E-state index in [4.69, 9.17) is 69.6 Å². The molecule has 0 amide bonds. The normalized spacial score (nSPS) is 11.1. The van der Waals surface area contributed by atoms with Crippen LogP contribution in [0.2, 0.25) is 30.1 Å². The van der Waals surface area contributed by atoms with Gasteiger partial charge in [-0.3, -0.25) is 20.2 Å². The Labute approximate surface area is 359 Å². The van der Waals surface area contributed by atoms with E-state index < -0.39 is 33.1 Å². The van der Waals surface area contributed by atoms with E-state index in [-0.39, 0.29) is 82.4 Å². The summed E-state index contributed by atoms with van der Waals surface area (Å²) in [7, 11) is 0. The molecule has 1 radical (unpaired) electrons. The number of hydrogen-bond acceptors (Lipinski definition) is 14. The van der Waals surface area contributed by atoms with Crippen LogP contribution >= 0.6 is 69.6 Å². The molecule has 2 heterocycles. The molecule has 0 aliphatic carbocycles. The molecule has 0 spiro atoms. The third-order valence-electron chi connectivity index (χ3n) is 7.25. The van der Waals surface area contributed by atoms with E-state index in [9.17, 15) is 40.7 Å². The van der Waals surface area contributed by atoms with E-state index in [1.54, 1.807) is 13.8 Å². The van der Waals surface area contributed by atoms with E-state index in [2.05, 4.69) is 30.7 Å². The molecule has 6 rings (SSSR count).